The minimum Gasteiger partial charge on any atom is -0.468 e. The Kier molecular flexibility index (Phi) is 6.29. The predicted octanol–water partition coefficient (Wildman–Crippen LogP) is 0.978. The SMILES string of the molecule is CCN(CC)CCOc1nnc(CNC)s1. The van der Waals surface area contributed by atoms with Crippen molar-refractivity contribution < 1.29 is 4.74 Å². The number of likely N-dealkylation sites (N-methyl/N-ethyl adjacent to an activating group) is 1. The average Bonchev–Trinajstić information content (AvgIpc) is 2.73. The molecule has 0 bridgehead atoms. The van der Waals surface area contributed by atoms with Crippen molar-refractivity contribution in [2.45, 2.75) is 20.4 Å². The fraction of sp³-hybridized carbons (Fsp3) is 0.800. The molecule has 0 spiro atoms. The molecule has 0 aliphatic heterocycles. The highest BCUT2D eigenvalue weighted by atomic mass is 32.1. The maximum absolute atomic E-state index is 5.54. The van der Waals surface area contributed by atoms with E-state index in [1.54, 1.807) is 0 Å². The first-order valence-corrected chi connectivity index (χ1v) is 6.43. The van der Waals surface area contributed by atoms with E-state index in [1.165, 1.54) is 11.3 Å². The molecule has 0 aliphatic carbocycles. The molecule has 1 aromatic rings. The van der Waals surface area contributed by atoms with E-state index in [-0.39, 0.29) is 0 Å². The first-order valence-electron chi connectivity index (χ1n) is 5.62. The van der Waals surface area contributed by atoms with Crippen molar-refractivity contribution in [3.63, 3.8) is 0 Å². The van der Waals surface area contributed by atoms with Gasteiger partial charge in [-0.05, 0) is 20.1 Å². The summed E-state index contributed by atoms with van der Waals surface area (Å²) >= 11 is 1.50. The van der Waals surface area contributed by atoms with Gasteiger partial charge < -0.3 is 15.0 Å². The number of ether oxygens (including phenoxy) is 1. The molecule has 0 aromatic carbocycles. The third kappa shape index (κ3) is 4.42. The molecule has 0 unspecified atom stereocenters. The smallest absolute Gasteiger partial charge is 0.294 e. The molecule has 0 saturated heterocycles. The summed E-state index contributed by atoms with van der Waals surface area (Å²) in [6.45, 7) is 8.78. The van der Waals surface area contributed by atoms with Gasteiger partial charge in [0, 0.05) is 13.1 Å². The molecule has 1 aromatic heterocycles. The fourth-order valence-electron chi connectivity index (χ4n) is 1.32. The largest absolute Gasteiger partial charge is 0.468 e. The number of nitrogens with one attached hydrogen (secondary N) is 1. The van der Waals surface area contributed by atoms with Gasteiger partial charge in [0.2, 0.25) is 0 Å². The molecule has 0 saturated carbocycles. The van der Waals surface area contributed by atoms with E-state index in [2.05, 4.69) is 34.3 Å². The average molecular weight is 244 g/mol. The van der Waals surface area contributed by atoms with Crippen molar-refractivity contribution in [2.75, 3.05) is 33.3 Å². The molecule has 0 radical (unpaired) electrons. The Morgan fingerprint density at radius 1 is 1.31 bits per heavy atom. The topological polar surface area (TPSA) is 50.3 Å². The Morgan fingerprint density at radius 2 is 2.06 bits per heavy atom. The van der Waals surface area contributed by atoms with Gasteiger partial charge in [0.25, 0.3) is 5.19 Å². The van der Waals surface area contributed by atoms with Crippen LogP contribution in [0, 0.1) is 0 Å². The van der Waals surface area contributed by atoms with Crippen LogP contribution in [-0.2, 0) is 6.54 Å². The molecule has 92 valence electrons. The second-order valence-corrected chi connectivity index (χ2v) is 4.39. The molecule has 0 fully saturated rings. The molecule has 1 heterocycles. The summed E-state index contributed by atoms with van der Waals surface area (Å²) in [4.78, 5) is 2.32. The summed E-state index contributed by atoms with van der Waals surface area (Å²) in [5.74, 6) is 0. The lowest BCUT2D eigenvalue weighted by atomic mass is 10.5. The Hall–Kier alpha value is -0.720. The first kappa shape index (κ1) is 13.3. The number of rotatable bonds is 8. The standard InChI is InChI=1S/C10H20N4OS/c1-4-14(5-2)6-7-15-10-13-12-9(16-10)8-11-3/h11H,4-8H2,1-3H3. The highest BCUT2D eigenvalue weighted by molar-refractivity contribution is 7.13. The highest BCUT2D eigenvalue weighted by Gasteiger charge is 2.05. The fourth-order valence-corrected chi connectivity index (χ4v) is 2.04. The van der Waals surface area contributed by atoms with Crippen molar-refractivity contribution in [3.05, 3.63) is 5.01 Å². The van der Waals surface area contributed by atoms with Crippen LogP contribution < -0.4 is 10.1 Å². The molecule has 0 atom stereocenters. The van der Waals surface area contributed by atoms with E-state index in [0.717, 1.165) is 31.2 Å². The summed E-state index contributed by atoms with van der Waals surface area (Å²) in [7, 11) is 1.89. The first-order chi connectivity index (χ1) is 7.80. The number of nitrogens with zero attached hydrogens (tertiary/aromatic N) is 3. The van der Waals surface area contributed by atoms with Crippen LogP contribution in [0.3, 0.4) is 0 Å². The zero-order valence-corrected chi connectivity index (χ0v) is 11.0. The molecule has 0 aliphatic rings. The summed E-state index contributed by atoms with van der Waals surface area (Å²) in [6.07, 6.45) is 0. The third-order valence-corrected chi connectivity index (χ3v) is 3.14. The maximum atomic E-state index is 5.54. The van der Waals surface area contributed by atoms with Crippen LogP contribution in [0.1, 0.15) is 18.9 Å². The van der Waals surface area contributed by atoms with Crippen LogP contribution >= 0.6 is 11.3 Å². The van der Waals surface area contributed by atoms with E-state index in [1.807, 2.05) is 7.05 Å². The van der Waals surface area contributed by atoms with Gasteiger partial charge in [0.15, 0.2) is 0 Å². The van der Waals surface area contributed by atoms with Crippen molar-refractivity contribution in [3.8, 4) is 5.19 Å². The summed E-state index contributed by atoms with van der Waals surface area (Å²) in [5, 5.41) is 12.6. The van der Waals surface area contributed by atoms with Gasteiger partial charge >= 0.3 is 0 Å². The molecule has 0 amide bonds. The summed E-state index contributed by atoms with van der Waals surface area (Å²) < 4.78 is 5.54. The lowest BCUT2D eigenvalue weighted by Crippen LogP contribution is -2.27. The summed E-state index contributed by atoms with van der Waals surface area (Å²) in [6, 6.07) is 0. The Balaban J connectivity index is 2.25. The maximum Gasteiger partial charge on any atom is 0.294 e. The van der Waals surface area contributed by atoms with Crippen molar-refractivity contribution in [1.82, 2.24) is 20.4 Å². The van der Waals surface area contributed by atoms with Crippen LogP contribution in [0.2, 0.25) is 0 Å². The van der Waals surface area contributed by atoms with Crippen LogP contribution in [0.25, 0.3) is 0 Å². The molecule has 1 N–H and O–H groups in total. The second kappa shape index (κ2) is 7.54. The van der Waals surface area contributed by atoms with E-state index in [4.69, 9.17) is 4.74 Å². The van der Waals surface area contributed by atoms with Crippen LogP contribution in [0.5, 0.6) is 5.19 Å². The number of aromatic nitrogens is 2. The lowest BCUT2D eigenvalue weighted by molar-refractivity contribution is 0.221. The van der Waals surface area contributed by atoms with Crippen molar-refractivity contribution >= 4 is 11.3 Å². The Bertz CT molecular complexity index is 288. The Morgan fingerprint density at radius 3 is 2.69 bits per heavy atom. The minimum atomic E-state index is 0.664. The van der Waals surface area contributed by atoms with Gasteiger partial charge in [-0.25, -0.2) is 0 Å². The highest BCUT2D eigenvalue weighted by Crippen LogP contribution is 2.17. The third-order valence-electron chi connectivity index (χ3n) is 2.30. The van der Waals surface area contributed by atoms with E-state index < -0.39 is 0 Å². The van der Waals surface area contributed by atoms with Crippen LogP contribution in [0.15, 0.2) is 0 Å². The normalized spacial score (nSPS) is 11.0. The quantitative estimate of drug-likeness (QED) is 0.738. The van der Waals surface area contributed by atoms with Gasteiger partial charge in [0.1, 0.15) is 11.6 Å². The van der Waals surface area contributed by atoms with E-state index >= 15 is 0 Å². The van der Waals surface area contributed by atoms with Gasteiger partial charge in [0.05, 0.1) is 0 Å². The molecule has 5 nitrogen and oxygen atoms in total. The van der Waals surface area contributed by atoms with Gasteiger partial charge in [-0.15, -0.1) is 10.2 Å². The molecule has 1 rings (SSSR count). The molecular weight excluding hydrogens is 224 g/mol. The summed E-state index contributed by atoms with van der Waals surface area (Å²) in [5.41, 5.74) is 0. The molecule has 16 heavy (non-hydrogen) atoms. The van der Waals surface area contributed by atoms with Crippen LogP contribution in [-0.4, -0.2) is 48.4 Å². The lowest BCUT2D eigenvalue weighted by Gasteiger charge is -2.16. The van der Waals surface area contributed by atoms with Crippen molar-refractivity contribution in [2.24, 2.45) is 0 Å². The minimum absolute atomic E-state index is 0.664. The van der Waals surface area contributed by atoms with E-state index in [9.17, 15) is 0 Å². The zero-order valence-electron chi connectivity index (χ0n) is 10.2. The number of hydrogen-bond donors (Lipinski definition) is 1. The van der Waals surface area contributed by atoms with Gasteiger partial charge in [-0.3, -0.25) is 0 Å². The second-order valence-electron chi connectivity index (χ2n) is 3.37. The van der Waals surface area contributed by atoms with Gasteiger partial charge in [-0.1, -0.05) is 25.2 Å². The monoisotopic (exact) mass is 244 g/mol. The predicted molar refractivity (Wildman–Crippen MR) is 66.0 cm³/mol. The molecule has 6 heteroatoms. The van der Waals surface area contributed by atoms with E-state index in [0.29, 0.717) is 11.8 Å². The zero-order chi connectivity index (χ0) is 11.8. The van der Waals surface area contributed by atoms with Gasteiger partial charge in [-0.2, -0.15) is 0 Å². The van der Waals surface area contributed by atoms with Crippen LogP contribution in [0.4, 0.5) is 0 Å². The number of hydrogen-bond acceptors (Lipinski definition) is 6. The Labute approximate surface area is 101 Å². The molecular formula is C10H20N4OS. The van der Waals surface area contributed by atoms with Crippen molar-refractivity contribution in [1.29, 1.82) is 0 Å².